The molecule has 1 aliphatic heterocycles. The maximum absolute atomic E-state index is 11.9. The van der Waals surface area contributed by atoms with Crippen molar-refractivity contribution in [2.75, 3.05) is 38.6 Å². The first-order chi connectivity index (χ1) is 10.1. The largest absolute Gasteiger partial charge is 0.396 e. The van der Waals surface area contributed by atoms with Crippen LogP contribution < -0.4 is 11.1 Å². The van der Waals surface area contributed by atoms with Gasteiger partial charge in [0, 0.05) is 38.8 Å². The lowest BCUT2D eigenvalue weighted by molar-refractivity contribution is -0.135. The van der Waals surface area contributed by atoms with Crippen LogP contribution in [-0.2, 0) is 16.1 Å². The Bertz CT molecular complexity index is 508. The molecule has 1 aromatic heterocycles. The monoisotopic (exact) mass is 295 g/mol. The van der Waals surface area contributed by atoms with Gasteiger partial charge in [0.05, 0.1) is 18.9 Å². The van der Waals surface area contributed by atoms with E-state index in [0.29, 0.717) is 38.5 Å². The van der Waals surface area contributed by atoms with E-state index in [2.05, 4.69) is 10.4 Å². The number of carbonyl (C=O) groups is 2. The summed E-state index contributed by atoms with van der Waals surface area (Å²) in [5.41, 5.74) is 6.28. The van der Waals surface area contributed by atoms with E-state index in [-0.39, 0.29) is 30.5 Å². The van der Waals surface area contributed by atoms with E-state index in [1.165, 1.54) is 0 Å². The lowest BCUT2D eigenvalue weighted by Gasteiger charge is -2.26. The predicted octanol–water partition coefficient (Wildman–Crippen LogP) is -0.536. The van der Waals surface area contributed by atoms with Crippen molar-refractivity contribution in [3.05, 3.63) is 11.9 Å². The molecule has 0 atom stereocenters. The number of rotatable bonds is 5. The minimum atomic E-state index is -0.352. The number of morpholine rings is 1. The number of anilines is 1. The third-order valence-corrected chi connectivity index (χ3v) is 3.32. The summed E-state index contributed by atoms with van der Waals surface area (Å²) >= 11 is 0. The van der Waals surface area contributed by atoms with Gasteiger partial charge in [-0.1, -0.05) is 0 Å². The average molecular weight is 295 g/mol. The number of aromatic nitrogens is 2. The van der Waals surface area contributed by atoms with Gasteiger partial charge >= 0.3 is 0 Å². The summed E-state index contributed by atoms with van der Waals surface area (Å²) in [5, 5.41) is 6.76. The molecule has 1 aliphatic rings. The van der Waals surface area contributed by atoms with Gasteiger partial charge in [0.25, 0.3) is 5.91 Å². The van der Waals surface area contributed by atoms with Crippen molar-refractivity contribution in [1.29, 1.82) is 0 Å². The van der Waals surface area contributed by atoms with E-state index >= 15 is 0 Å². The molecule has 0 saturated carbocycles. The Labute approximate surface area is 123 Å². The Kier molecular flexibility index (Phi) is 5.15. The first-order valence-electron chi connectivity index (χ1n) is 7.08. The molecule has 2 rings (SSSR count). The summed E-state index contributed by atoms with van der Waals surface area (Å²) in [6.07, 6.45) is 1.88. The summed E-state index contributed by atoms with van der Waals surface area (Å²) in [6, 6.07) is 0. The van der Waals surface area contributed by atoms with E-state index in [0.717, 1.165) is 0 Å². The van der Waals surface area contributed by atoms with Gasteiger partial charge in [-0.15, -0.1) is 0 Å². The Morgan fingerprint density at radius 2 is 2.14 bits per heavy atom. The normalized spacial score (nSPS) is 15.0. The van der Waals surface area contributed by atoms with Crippen molar-refractivity contribution >= 4 is 17.5 Å². The van der Waals surface area contributed by atoms with Crippen molar-refractivity contribution < 1.29 is 14.3 Å². The third-order valence-electron chi connectivity index (χ3n) is 3.32. The standard InChI is InChI=1S/C13H21N5O3/c1-2-18-9-10(14)12(16-18)13(20)15-4-3-11(19)17-5-7-21-8-6-17/h9H,2-8,14H2,1H3,(H,15,20). The summed E-state index contributed by atoms with van der Waals surface area (Å²) in [7, 11) is 0. The van der Waals surface area contributed by atoms with Crippen molar-refractivity contribution in [3.8, 4) is 0 Å². The van der Waals surface area contributed by atoms with Crippen LogP contribution >= 0.6 is 0 Å². The van der Waals surface area contributed by atoms with Crippen LogP contribution in [0.2, 0.25) is 0 Å². The summed E-state index contributed by atoms with van der Waals surface area (Å²) < 4.78 is 6.79. The predicted molar refractivity (Wildman–Crippen MR) is 76.7 cm³/mol. The van der Waals surface area contributed by atoms with Gasteiger partial charge in [0.2, 0.25) is 5.91 Å². The van der Waals surface area contributed by atoms with Gasteiger partial charge in [0.15, 0.2) is 5.69 Å². The molecule has 0 aliphatic carbocycles. The lowest BCUT2D eigenvalue weighted by atomic mass is 10.3. The van der Waals surface area contributed by atoms with Gasteiger partial charge < -0.3 is 20.7 Å². The minimum absolute atomic E-state index is 0.0191. The number of ether oxygens (including phenoxy) is 1. The molecule has 1 fully saturated rings. The molecule has 0 unspecified atom stereocenters. The maximum atomic E-state index is 11.9. The van der Waals surface area contributed by atoms with Crippen molar-refractivity contribution in [2.45, 2.75) is 19.9 Å². The van der Waals surface area contributed by atoms with Gasteiger partial charge in [-0.2, -0.15) is 5.10 Å². The van der Waals surface area contributed by atoms with Crippen molar-refractivity contribution in [2.24, 2.45) is 0 Å². The number of nitrogens with one attached hydrogen (secondary N) is 1. The SMILES string of the molecule is CCn1cc(N)c(C(=O)NCCC(=O)N2CCOCC2)n1. The minimum Gasteiger partial charge on any atom is -0.396 e. The Morgan fingerprint density at radius 3 is 2.76 bits per heavy atom. The number of hydrogen-bond acceptors (Lipinski definition) is 5. The first kappa shape index (κ1) is 15.3. The molecule has 1 aromatic rings. The smallest absolute Gasteiger partial charge is 0.273 e. The fourth-order valence-corrected chi connectivity index (χ4v) is 2.11. The molecule has 2 heterocycles. The second kappa shape index (κ2) is 7.07. The summed E-state index contributed by atoms with van der Waals surface area (Å²) in [4.78, 5) is 25.6. The van der Waals surface area contributed by atoms with E-state index in [9.17, 15) is 9.59 Å². The molecule has 0 spiro atoms. The highest BCUT2D eigenvalue weighted by Crippen LogP contribution is 2.08. The molecule has 8 nitrogen and oxygen atoms in total. The second-order valence-electron chi connectivity index (χ2n) is 4.79. The molecule has 0 radical (unpaired) electrons. The third kappa shape index (κ3) is 3.94. The first-order valence-corrected chi connectivity index (χ1v) is 7.08. The highest BCUT2D eigenvalue weighted by molar-refractivity contribution is 5.97. The van der Waals surface area contributed by atoms with Crippen LogP contribution in [0.25, 0.3) is 0 Å². The summed E-state index contributed by atoms with van der Waals surface area (Å²) in [5.74, 6) is -0.333. The van der Waals surface area contributed by atoms with Crippen LogP contribution in [0, 0.1) is 0 Å². The van der Waals surface area contributed by atoms with E-state index in [1.54, 1.807) is 15.8 Å². The zero-order valence-electron chi connectivity index (χ0n) is 12.2. The lowest BCUT2D eigenvalue weighted by Crippen LogP contribution is -2.42. The Balaban J connectivity index is 1.78. The summed E-state index contributed by atoms with van der Waals surface area (Å²) in [6.45, 7) is 5.20. The van der Waals surface area contributed by atoms with E-state index in [4.69, 9.17) is 10.5 Å². The van der Waals surface area contributed by atoms with Crippen LogP contribution in [0.4, 0.5) is 5.69 Å². The number of nitrogens with zero attached hydrogens (tertiary/aromatic N) is 3. The second-order valence-corrected chi connectivity index (χ2v) is 4.79. The van der Waals surface area contributed by atoms with Gasteiger partial charge in [-0.05, 0) is 6.92 Å². The molecule has 0 aromatic carbocycles. The number of amides is 2. The molecule has 8 heteroatoms. The van der Waals surface area contributed by atoms with Crippen LogP contribution in [0.5, 0.6) is 0 Å². The van der Waals surface area contributed by atoms with Crippen LogP contribution in [0.1, 0.15) is 23.8 Å². The zero-order valence-corrected chi connectivity index (χ0v) is 12.2. The van der Waals surface area contributed by atoms with Gasteiger partial charge in [0.1, 0.15) is 0 Å². The Hall–Kier alpha value is -2.09. The molecule has 1 saturated heterocycles. The number of nitrogen functional groups attached to an aromatic ring is 1. The van der Waals surface area contributed by atoms with Crippen LogP contribution in [-0.4, -0.2) is 59.3 Å². The van der Waals surface area contributed by atoms with Crippen LogP contribution in [0.15, 0.2) is 6.20 Å². The molecule has 21 heavy (non-hydrogen) atoms. The van der Waals surface area contributed by atoms with E-state index in [1.807, 2.05) is 6.92 Å². The van der Waals surface area contributed by atoms with Crippen LogP contribution in [0.3, 0.4) is 0 Å². The highest BCUT2D eigenvalue weighted by atomic mass is 16.5. The Morgan fingerprint density at radius 1 is 1.43 bits per heavy atom. The average Bonchev–Trinajstić information content (AvgIpc) is 2.89. The van der Waals surface area contributed by atoms with Crippen molar-refractivity contribution in [1.82, 2.24) is 20.0 Å². The molecular formula is C13H21N5O3. The zero-order chi connectivity index (χ0) is 15.2. The fraction of sp³-hybridized carbons (Fsp3) is 0.615. The fourth-order valence-electron chi connectivity index (χ4n) is 2.11. The number of hydrogen-bond donors (Lipinski definition) is 2. The topological polar surface area (TPSA) is 102 Å². The molecule has 0 bridgehead atoms. The van der Waals surface area contributed by atoms with E-state index < -0.39 is 0 Å². The van der Waals surface area contributed by atoms with Gasteiger partial charge in [-0.25, -0.2) is 0 Å². The molecular weight excluding hydrogens is 274 g/mol. The number of nitrogens with two attached hydrogens (primary N) is 1. The van der Waals surface area contributed by atoms with Gasteiger partial charge in [-0.3, -0.25) is 14.3 Å². The molecule has 116 valence electrons. The quantitative estimate of drug-likeness (QED) is 0.760. The van der Waals surface area contributed by atoms with Crippen molar-refractivity contribution in [3.63, 3.8) is 0 Å². The highest BCUT2D eigenvalue weighted by Gasteiger charge is 2.18. The number of carbonyl (C=O) groups excluding carboxylic acids is 2. The molecule has 3 N–H and O–H groups in total. The molecule has 2 amide bonds. The maximum Gasteiger partial charge on any atom is 0.273 e. The number of aryl methyl sites for hydroxylation is 1.